The fourth-order valence-electron chi connectivity index (χ4n) is 1.51. The van der Waals surface area contributed by atoms with E-state index in [2.05, 4.69) is 0 Å². The molecule has 1 aliphatic heterocycles. The molecule has 2 N–H and O–H groups in total. The first-order chi connectivity index (χ1) is 5.57. The van der Waals surface area contributed by atoms with Crippen LogP contribution in [-0.2, 0) is 9.47 Å². The van der Waals surface area contributed by atoms with E-state index >= 15 is 0 Å². The molecule has 1 heterocycles. The van der Waals surface area contributed by atoms with Crippen molar-refractivity contribution in [3.8, 4) is 0 Å². The zero-order valence-corrected chi connectivity index (χ0v) is 7.60. The van der Waals surface area contributed by atoms with Gasteiger partial charge in [-0.25, -0.2) is 0 Å². The maximum atomic E-state index is 9.52. The molecule has 72 valence electrons. The summed E-state index contributed by atoms with van der Waals surface area (Å²) in [5, 5.41) is 19.0. The molecular formula is C8H16O4. The van der Waals surface area contributed by atoms with Crippen LogP contribution in [0.2, 0.25) is 0 Å². The van der Waals surface area contributed by atoms with Gasteiger partial charge in [0, 0.05) is 7.11 Å². The maximum Gasteiger partial charge on any atom is 0.114 e. The molecule has 1 rings (SSSR count). The fraction of sp³-hybridized carbons (Fsp3) is 1.00. The van der Waals surface area contributed by atoms with Crippen LogP contribution in [0.5, 0.6) is 0 Å². The van der Waals surface area contributed by atoms with E-state index < -0.39 is 18.3 Å². The molecule has 5 atom stereocenters. The van der Waals surface area contributed by atoms with E-state index in [0.29, 0.717) is 0 Å². The Kier molecular flexibility index (Phi) is 3.06. The molecule has 0 aromatic carbocycles. The predicted octanol–water partition coefficient (Wildman–Crippen LogP) is -0.470. The largest absolute Gasteiger partial charge is 0.388 e. The molecule has 1 saturated heterocycles. The lowest BCUT2D eigenvalue weighted by Gasteiger charge is -2.39. The Balaban J connectivity index is 2.67. The van der Waals surface area contributed by atoms with Gasteiger partial charge < -0.3 is 19.7 Å². The molecule has 12 heavy (non-hydrogen) atoms. The van der Waals surface area contributed by atoms with E-state index in [1.165, 1.54) is 7.11 Å². The van der Waals surface area contributed by atoms with Crippen molar-refractivity contribution in [2.45, 2.75) is 44.4 Å². The van der Waals surface area contributed by atoms with Gasteiger partial charge in [-0.1, -0.05) is 0 Å². The summed E-state index contributed by atoms with van der Waals surface area (Å²) in [6.45, 7) is 3.53. The summed E-state index contributed by atoms with van der Waals surface area (Å²) in [6.07, 6.45) is -2.60. The molecule has 0 aliphatic carbocycles. The average molecular weight is 176 g/mol. The van der Waals surface area contributed by atoms with Crippen LogP contribution in [-0.4, -0.2) is 47.8 Å². The smallest absolute Gasteiger partial charge is 0.114 e. The van der Waals surface area contributed by atoms with E-state index in [4.69, 9.17) is 9.47 Å². The highest BCUT2D eigenvalue weighted by molar-refractivity contribution is 4.89. The number of aliphatic hydroxyl groups excluding tert-OH is 2. The minimum Gasteiger partial charge on any atom is -0.388 e. The van der Waals surface area contributed by atoms with Crippen molar-refractivity contribution < 1.29 is 19.7 Å². The van der Waals surface area contributed by atoms with Gasteiger partial charge in [-0.05, 0) is 13.8 Å². The SMILES string of the molecule is COC1[C@H](O)C(C)O[C@@H](C)[C@@H]1O. The van der Waals surface area contributed by atoms with Gasteiger partial charge in [-0.3, -0.25) is 0 Å². The summed E-state index contributed by atoms with van der Waals surface area (Å²) in [4.78, 5) is 0. The summed E-state index contributed by atoms with van der Waals surface area (Å²) in [5.41, 5.74) is 0. The zero-order valence-electron chi connectivity index (χ0n) is 7.60. The van der Waals surface area contributed by atoms with E-state index in [9.17, 15) is 10.2 Å². The Labute approximate surface area is 72.1 Å². The molecule has 4 nitrogen and oxygen atoms in total. The molecule has 0 aromatic rings. The first-order valence-corrected chi connectivity index (χ1v) is 4.12. The molecule has 1 fully saturated rings. The second-order valence-corrected chi connectivity index (χ2v) is 3.23. The van der Waals surface area contributed by atoms with Gasteiger partial charge in [0.25, 0.3) is 0 Å². The second-order valence-electron chi connectivity index (χ2n) is 3.23. The number of hydrogen-bond donors (Lipinski definition) is 2. The van der Waals surface area contributed by atoms with Crippen LogP contribution in [0.4, 0.5) is 0 Å². The van der Waals surface area contributed by atoms with Crippen molar-refractivity contribution in [1.82, 2.24) is 0 Å². The van der Waals surface area contributed by atoms with Crippen molar-refractivity contribution >= 4 is 0 Å². The van der Waals surface area contributed by atoms with Crippen molar-refractivity contribution in [2.75, 3.05) is 7.11 Å². The second kappa shape index (κ2) is 3.70. The van der Waals surface area contributed by atoms with Gasteiger partial charge in [0.15, 0.2) is 0 Å². The Hall–Kier alpha value is -0.160. The van der Waals surface area contributed by atoms with E-state index in [1.807, 2.05) is 0 Å². The molecule has 2 unspecified atom stereocenters. The average Bonchev–Trinajstić information content (AvgIpc) is 2.02. The Morgan fingerprint density at radius 3 is 1.83 bits per heavy atom. The highest BCUT2D eigenvalue weighted by atomic mass is 16.6. The molecule has 0 amide bonds. The number of hydrogen-bond acceptors (Lipinski definition) is 4. The van der Waals surface area contributed by atoms with Crippen molar-refractivity contribution in [3.63, 3.8) is 0 Å². The lowest BCUT2D eigenvalue weighted by atomic mass is 9.96. The van der Waals surface area contributed by atoms with Crippen LogP contribution in [0.15, 0.2) is 0 Å². The normalized spacial score (nSPS) is 49.2. The number of ether oxygens (including phenoxy) is 2. The van der Waals surface area contributed by atoms with E-state index in [0.717, 1.165) is 0 Å². The van der Waals surface area contributed by atoms with Crippen LogP contribution in [0.3, 0.4) is 0 Å². The van der Waals surface area contributed by atoms with Crippen LogP contribution in [0.25, 0.3) is 0 Å². The Morgan fingerprint density at radius 2 is 1.50 bits per heavy atom. The topological polar surface area (TPSA) is 58.9 Å². The number of methoxy groups -OCH3 is 1. The van der Waals surface area contributed by atoms with Gasteiger partial charge in [-0.2, -0.15) is 0 Å². The van der Waals surface area contributed by atoms with Crippen molar-refractivity contribution in [3.05, 3.63) is 0 Å². The Bertz CT molecular complexity index is 136. The standard InChI is InChI=1S/C8H16O4/c1-4-6(9)8(11-3)7(10)5(2)12-4/h4-10H,1-3H3/t4-,5?,6-,7+,8?/m0/s1. The van der Waals surface area contributed by atoms with Gasteiger partial charge in [-0.15, -0.1) is 0 Å². The first kappa shape index (κ1) is 9.92. The zero-order chi connectivity index (χ0) is 9.30. The Morgan fingerprint density at radius 1 is 1.08 bits per heavy atom. The van der Waals surface area contributed by atoms with Gasteiger partial charge in [0.05, 0.1) is 12.2 Å². The third kappa shape index (κ3) is 1.61. The lowest BCUT2D eigenvalue weighted by Crippen LogP contribution is -2.56. The van der Waals surface area contributed by atoms with E-state index in [1.54, 1.807) is 13.8 Å². The summed E-state index contributed by atoms with van der Waals surface area (Å²) in [5.74, 6) is 0. The molecule has 1 aliphatic rings. The first-order valence-electron chi connectivity index (χ1n) is 4.12. The van der Waals surface area contributed by atoms with Crippen molar-refractivity contribution in [2.24, 2.45) is 0 Å². The lowest BCUT2D eigenvalue weighted by molar-refractivity contribution is -0.219. The number of aliphatic hydroxyl groups is 2. The number of rotatable bonds is 1. The van der Waals surface area contributed by atoms with Gasteiger partial charge >= 0.3 is 0 Å². The minimum absolute atomic E-state index is 0.284. The summed E-state index contributed by atoms with van der Waals surface area (Å²) < 4.78 is 10.2. The monoisotopic (exact) mass is 176 g/mol. The molecule has 0 bridgehead atoms. The third-order valence-corrected chi connectivity index (χ3v) is 2.34. The molecule has 0 saturated carbocycles. The molecule has 0 aromatic heterocycles. The predicted molar refractivity (Wildman–Crippen MR) is 42.8 cm³/mol. The molecule has 0 radical (unpaired) electrons. The summed E-state index contributed by atoms with van der Waals surface area (Å²) in [6, 6.07) is 0. The quantitative estimate of drug-likeness (QED) is 0.567. The molecular weight excluding hydrogens is 160 g/mol. The van der Waals surface area contributed by atoms with Gasteiger partial charge in [0.2, 0.25) is 0 Å². The maximum absolute atomic E-state index is 9.52. The van der Waals surface area contributed by atoms with Crippen LogP contribution in [0, 0.1) is 0 Å². The fourth-order valence-corrected chi connectivity index (χ4v) is 1.51. The summed E-state index contributed by atoms with van der Waals surface area (Å²) in [7, 11) is 1.47. The van der Waals surface area contributed by atoms with Gasteiger partial charge in [0.1, 0.15) is 18.3 Å². The highest BCUT2D eigenvalue weighted by Crippen LogP contribution is 2.22. The van der Waals surface area contributed by atoms with Crippen LogP contribution in [0.1, 0.15) is 13.8 Å². The third-order valence-electron chi connectivity index (χ3n) is 2.34. The van der Waals surface area contributed by atoms with E-state index in [-0.39, 0.29) is 12.2 Å². The molecule has 0 spiro atoms. The van der Waals surface area contributed by atoms with Crippen LogP contribution < -0.4 is 0 Å². The molecule has 4 heteroatoms. The van der Waals surface area contributed by atoms with Crippen LogP contribution >= 0.6 is 0 Å². The van der Waals surface area contributed by atoms with Crippen molar-refractivity contribution in [1.29, 1.82) is 0 Å². The highest BCUT2D eigenvalue weighted by Gasteiger charge is 2.40. The summed E-state index contributed by atoms with van der Waals surface area (Å²) >= 11 is 0. The minimum atomic E-state index is -0.749.